The molecule has 152 valence electrons. The van der Waals surface area contributed by atoms with Gasteiger partial charge in [0.2, 0.25) is 11.5 Å². The maximum Gasteiger partial charge on any atom is 0.306 e. The van der Waals surface area contributed by atoms with Crippen molar-refractivity contribution in [3.63, 3.8) is 0 Å². The number of carbonyl (C=O) groups excluding carboxylic acids is 2. The van der Waals surface area contributed by atoms with E-state index in [1.54, 1.807) is 18.2 Å². The molecule has 0 aliphatic rings. The number of methoxy groups -OCH3 is 3. The zero-order chi connectivity index (χ0) is 20.8. The Morgan fingerprint density at radius 1 is 0.964 bits per heavy atom. The van der Waals surface area contributed by atoms with Crippen LogP contribution < -0.4 is 14.2 Å². The van der Waals surface area contributed by atoms with Crippen molar-refractivity contribution in [2.45, 2.75) is 26.7 Å². The van der Waals surface area contributed by atoms with Gasteiger partial charge in [0, 0.05) is 30.4 Å². The molecular weight excluding hydrogens is 362 g/mol. The molecule has 0 unspecified atom stereocenters. The number of esters is 1. The fourth-order valence-electron chi connectivity index (χ4n) is 2.96. The summed E-state index contributed by atoms with van der Waals surface area (Å²) in [5.74, 6) is 0.899. The topological polar surface area (TPSA) is 76.0 Å². The van der Waals surface area contributed by atoms with Crippen LogP contribution in [0.2, 0.25) is 0 Å². The van der Waals surface area contributed by atoms with Crippen molar-refractivity contribution < 1.29 is 28.5 Å². The number of aromatic nitrogens is 1. The van der Waals surface area contributed by atoms with Gasteiger partial charge in [0.15, 0.2) is 18.1 Å². The number of rotatable bonds is 9. The number of carbonyl (C=O) groups is 2. The van der Waals surface area contributed by atoms with Crippen LogP contribution in [0.3, 0.4) is 0 Å². The second-order valence-electron chi connectivity index (χ2n) is 6.46. The highest BCUT2D eigenvalue weighted by Gasteiger charge is 2.17. The third kappa shape index (κ3) is 4.65. The maximum atomic E-state index is 12.3. The average Bonchev–Trinajstić information content (AvgIpc) is 2.96. The molecule has 0 saturated carbocycles. The van der Waals surface area contributed by atoms with Crippen molar-refractivity contribution in [2.75, 3.05) is 27.9 Å². The van der Waals surface area contributed by atoms with E-state index in [1.807, 2.05) is 25.5 Å². The van der Waals surface area contributed by atoms with Crippen LogP contribution in [-0.2, 0) is 23.0 Å². The van der Waals surface area contributed by atoms with Crippen molar-refractivity contribution in [2.24, 2.45) is 7.05 Å². The van der Waals surface area contributed by atoms with Crippen LogP contribution in [-0.4, -0.2) is 44.3 Å². The van der Waals surface area contributed by atoms with Crippen LogP contribution in [0.1, 0.15) is 33.7 Å². The molecule has 1 aromatic heterocycles. The molecule has 0 spiro atoms. The first-order valence-electron chi connectivity index (χ1n) is 8.93. The summed E-state index contributed by atoms with van der Waals surface area (Å²) in [4.78, 5) is 24.4. The second-order valence-corrected chi connectivity index (χ2v) is 6.46. The summed E-state index contributed by atoms with van der Waals surface area (Å²) in [5.41, 5.74) is 3.26. The molecule has 7 heteroatoms. The summed E-state index contributed by atoms with van der Waals surface area (Å²) in [5, 5.41) is 0. The lowest BCUT2D eigenvalue weighted by molar-refractivity contribution is -0.142. The van der Waals surface area contributed by atoms with E-state index in [1.165, 1.54) is 21.3 Å². The van der Waals surface area contributed by atoms with Crippen LogP contribution >= 0.6 is 0 Å². The number of benzene rings is 1. The Bertz CT molecular complexity index is 843. The predicted molar refractivity (Wildman–Crippen MR) is 105 cm³/mol. The van der Waals surface area contributed by atoms with Gasteiger partial charge in [0.1, 0.15) is 0 Å². The van der Waals surface area contributed by atoms with E-state index in [4.69, 9.17) is 18.9 Å². The minimum Gasteiger partial charge on any atom is -0.493 e. The number of aryl methyl sites for hydroxylation is 2. The van der Waals surface area contributed by atoms with E-state index >= 15 is 0 Å². The second kappa shape index (κ2) is 9.30. The molecule has 2 rings (SSSR count). The Kier molecular flexibility index (Phi) is 7.09. The molecule has 7 nitrogen and oxygen atoms in total. The minimum atomic E-state index is -0.438. The van der Waals surface area contributed by atoms with Crippen molar-refractivity contribution >= 4 is 11.8 Å². The first kappa shape index (κ1) is 21.3. The SMILES string of the molecule is COc1cc(CCC(=O)OCC(=O)c2cc(C)n(C)c2C)cc(OC)c1OC. The largest absolute Gasteiger partial charge is 0.493 e. The molecule has 0 N–H and O–H groups in total. The molecule has 1 aromatic carbocycles. The lowest BCUT2D eigenvalue weighted by Crippen LogP contribution is -2.15. The van der Waals surface area contributed by atoms with Gasteiger partial charge in [-0.1, -0.05) is 0 Å². The minimum absolute atomic E-state index is 0.138. The van der Waals surface area contributed by atoms with E-state index in [0.29, 0.717) is 29.2 Å². The molecule has 0 amide bonds. The van der Waals surface area contributed by atoms with Crippen LogP contribution in [0, 0.1) is 13.8 Å². The zero-order valence-electron chi connectivity index (χ0n) is 17.3. The Morgan fingerprint density at radius 3 is 2.04 bits per heavy atom. The quantitative estimate of drug-likeness (QED) is 0.485. The summed E-state index contributed by atoms with van der Waals surface area (Å²) < 4.78 is 23.0. The fraction of sp³-hybridized carbons (Fsp3) is 0.429. The molecule has 0 aliphatic heterocycles. The molecule has 0 atom stereocenters. The first-order chi connectivity index (χ1) is 13.3. The Morgan fingerprint density at radius 2 is 1.57 bits per heavy atom. The van der Waals surface area contributed by atoms with E-state index < -0.39 is 5.97 Å². The van der Waals surface area contributed by atoms with Crippen molar-refractivity contribution in [3.8, 4) is 17.2 Å². The summed E-state index contributed by atoms with van der Waals surface area (Å²) in [7, 11) is 6.50. The number of ketones is 1. The van der Waals surface area contributed by atoms with Gasteiger partial charge in [0.25, 0.3) is 0 Å². The fourth-order valence-corrected chi connectivity index (χ4v) is 2.96. The van der Waals surface area contributed by atoms with E-state index in [2.05, 4.69) is 0 Å². The first-order valence-corrected chi connectivity index (χ1v) is 8.93. The zero-order valence-corrected chi connectivity index (χ0v) is 17.3. The van der Waals surface area contributed by atoms with Gasteiger partial charge >= 0.3 is 5.97 Å². The van der Waals surface area contributed by atoms with Crippen molar-refractivity contribution in [1.29, 1.82) is 0 Å². The van der Waals surface area contributed by atoms with Crippen LogP contribution in [0.4, 0.5) is 0 Å². The highest BCUT2D eigenvalue weighted by atomic mass is 16.5. The van der Waals surface area contributed by atoms with Gasteiger partial charge in [-0.2, -0.15) is 0 Å². The lowest BCUT2D eigenvalue weighted by atomic mass is 10.1. The van der Waals surface area contributed by atoms with Crippen LogP contribution in [0.15, 0.2) is 18.2 Å². The van der Waals surface area contributed by atoms with Gasteiger partial charge in [-0.15, -0.1) is 0 Å². The predicted octanol–water partition coefficient (Wildman–Crippen LogP) is 3.03. The molecule has 28 heavy (non-hydrogen) atoms. The Labute approximate surface area is 165 Å². The van der Waals surface area contributed by atoms with E-state index in [-0.39, 0.29) is 18.8 Å². The summed E-state index contributed by atoms with van der Waals surface area (Å²) in [6, 6.07) is 5.38. The van der Waals surface area contributed by atoms with Crippen molar-refractivity contribution in [3.05, 3.63) is 40.7 Å². The molecule has 0 bridgehead atoms. The number of hydrogen-bond acceptors (Lipinski definition) is 6. The molecule has 1 heterocycles. The molecule has 0 saturated heterocycles. The highest BCUT2D eigenvalue weighted by Crippen LogP contribution is 2.38. The van der Waals surface area contributed by atoms with Gasteiger partial charge in [-0.05, 0) is 44.0 Å². The van der Waals surface area contributed by atoms with Gasteiger partial charge in [-0.3, -0.25) is 9.59 Å². The van der Waals surface area contributed by atoms with Crippen molar-refractivity contribution in [1.82, 2.24) is 4.57 Å². The normalized spacial score (nSPS) is 10.5. The molecule has 0 fully saturated rings. The van der Waals surface area contributed by atoms with Gasteiger partial charge in [0.05, 0.1) is 21.3 Å². The van der Waals surface area contributed by atoms with Crippen LogP contribution in [0.25, 0.3) is 0 Å². The number of nitrogens with zero attached hydrogens (tertiary/aromatic N) is 1. The monoisotopic (exact) mass is 389 g/mol. The van der Waals surface area contributed by atoms with Gasteiger partial charge < -0.3 is 23.5 Å². The number of Topliss-reactive ketones (excluding diaryl/α,β-unsaturated/α-hetero) is 1. The smallest absolute Gasteiger partial charge is 0.306 e. The Hall–Kier alpha value is -2.96. The third-order valence-corrected chi connectivity index (χ3v) is 4.78. The molecule has 0 aliphatic carbocycles. The molecule has 2 aromatic rings. The Balaban J connectivity index is 1.95. The molecule has 0 radical (unpaired) electrons. The summed E-state index contributed by atoms with van der Waals surface area (Å²) in [6.45, 7) is 3.53. The average molecular weight is 389 g/mol. The molecular formula is C21H27NO6. The van der Waals surface area contributed by atoms with E-state index in [9.17, 15) is 9.59 Å². The number of ether oxygens (including phenoxy) is 4. The maximum absolute atomic E-state index is 12.3. The standard InChI is InChI=1S/C21H27NO6/c1-13-9-16(14(2)22(13)3)17(23)12-28-20(24)8-7-15-10-18(25-4)21(27-6)19(11-15)26-5/h9-11H,7-8,12H2,1-6H3. The number of hydrogen-bond donors (Lipinski definition) is 0. The summed E-state index contributed by atoms with van der Waals surface area (Å²) >= 11 is 0. The summed E-state index contributed by atoms with van der Waals surface area (Å²) in [6.07, 6.45) is 0.561. The van der Waals surface area contributed by atoms with Gasteiger partial charge in [-0.25, -0.2) is 0 Å². The third-order valence-electron chi connectivity index (χ3n) is 4.78. The lowest BCUT2D eigenvalue weighted by Gasteiger charge is -2.14. The van der Waals surface area contributed by atoms with Crippen LogP contribution in [0.5, 0.6) is 17.2 Å². The van der Waals surface area contributed by atoms with E-state index in [0.717, 1.165) is 17.0 Å². The highest BCUT2D eigenvalue weighted by molar-refractivity contribution is 5.99.